The van der Waals surface area contributed by atoms with E-state index in [0.717, 1.165) is 33.8 Å². The third-order valence-electron chi connectivity index (χ3n) is 11.6. The van der Waals surface area contributed by atoms with Gasteiger partial charge in [-0.05, 0) is 57.6 Å². The summed E-state index contributed by atoms with van der Waals surface area (Å²) < 4.78 is 5.14. The van der Waals surface area contributed by atoms with Crippen LogP contribution in [0.1, 0.15) is 0 Å². The van der Waals surface area contributed by atoms with Gasteiger partial charge in [0.25, 0.3) is 0 Å². The maximum atomic E-state index is 5.14. The highest BCUT2D eigenvalue weighted by atomic mass is 32.1. The van der Waals surface area contributed by atoms with Gasteiger partial charge in [0.15, 0.2) is 5.82 Å². The molecular weight excluding hydrogens is 723 g/mol. The Labute approximate surface area is 338 Å². The predicted octanol–water partition coefficient (Wildman–Crippen LogP) is 14.9. The molecule has 0 radical (unpaired) electrons. The Morgan fingerprint density at radius 1 is 0.397 bits per heavy atom. The highest BCUT2D eigenvalue weighted by Gasteiger charge is 2.22. The first kappa shape index (κ1) is 32.8. The van der Waals surface area contributed by atoms with Crippen LogP contribution in [0.4, 0.5) is 0 Å². The molecule has 12 rings (SSSR count). The predicted molar refractivity (Wildman–Crippen MR) is 246 cm³/mol. The fraction of sp³-hybridized carbons (Fsp3) is 0. The topological polar surface area (TPSA) is 30.7 Å². The number of aromatic nitrogens is 3. The average Bonchev–Trinajstić information content (AvgIpc) is 3.86. The molecule has 0 saturated heterocycles. The zero-order valence-corrected chi connectivity index (χ0v) is 32.1. The first-order chi connectivity index (χ1) is 28.8. The minimum atomic E-state index is 0.711. The SMILES string of the molecule is c1ccc(-c2cc(-c3ccc(-n4c5cc(-c6cccc7ccccc67)ccc5c5c6sc7ccccc7c6c6ccccc6c54)cc3)nc(-c3ccccc3)n2)cc1. The second-order valence-electron chi connectivity index (χ2n) is 14.9. The standard InChI is InChI=1S/C54H33N3S/c1-3-15-35(16-4-1)46-33-47(56-54(55-46)37-17-5-2-6-18-37)36-26-29-39(30-27-36)57-48-32-38(41-24-13-19-34-14-7-8-20-40(34)41)28-31-44(48)51-52(57)43-22-10-9-21-42(43)50-45-23-11-12-25-49(45)58-53(50)51/h1-33H. The molecule has 0 aliphatic carbocycles. The largest absolute Gasteiger partial charge is 0.309 e. The molecule has 0 atom stereocenters. The smallest absolute Gasteiger partial charge is 0.160 e. The zero-order chi connectivity index (χ0) is 38.2. The molecule has 3 aromatic heterocycles. The number of hydrogen-bond donors (Lipinski definition) is 0. The molecule has 3 nitrogen and oxygen atoms in total. The summed E-state index contributed by atoms with van der Waals surface area (Å²) in [5.74, 6) is 0.711. The number of thiophene rings is 1. The summed E-state index contributed by atoms with van der Waals surface area (Å²) in [6.07, 6.45) is 0. The molecule has 0 saturated carbocycles. The number of benzene rings is 9. The van der Waals surface area contributed by atoms with Gasteiger partial charge in [0.05, 0.1) is 22.4 Å². The van der Waals surface area contributed by atoms with Crippen LogP contribution < -0.4 is 0 Å². The minimum Gasteiger partial charge on any atom is -0.309 e. The number of fused-ring (bicyclic) bond motifs is 11. The summed E-state index contributed by atoms with van der Waals surface area (Å²) in [7, 11) is 0. The third kappa shape index (κ3) is 5.12. The van der Waals surface area contributed by atoms with Crippen LogP contribution in [-0.2, 0) is 0 Å². The van der Waals surface area contributed by atoms with Crippen LogP contribution >= 0.6 is 11.3 Å². The van der Waals surface area contributed by atoms with Gasteiger partial charge in [-0.15, -0.1) is 11.3 Å². The lowest BCUT2D eigenvalue weighted by Crippen LogP contribution is -1.97. The van der Waals surface area contributed by atoms with Gasteiger partial charge in [-0.2, -0.15) is 0 Å². The maximum absolute atomic E-state index is 5.14. The van der Waals surface area contributed by atoms with Gasteiger partial charge in [0, 0.05) is 58.7 Å². The summed E-state index contributed by atoms with van der Waals surface area (Å²) in [5.41, 5.74) is 10.8. The maximum Gasteiger partial charge on any atom is 0.160 e. The van der Waals surface area contributed by atoms with E-state index in [4.69, 9.17) is 9.97 Å². The van der Waals surface area contributed by atoms with Crippen LogP contribution in [0.25, 0.3) is 114 Å². The summed E-state index contributed by atoms with van der Waals surface area (Å²) in [6, 6.07) is 71.9. The molecule has 58 heavy (non-hydrogen) atoms. The molecule has 4 heteroatoms. The molecule has 3 heterocycles. The quantitative estimate of drug-likeness (QED) is 0.175. The van der Waals surface area contributed by atoms with Crippen LogP contribution in [0.5, 0.6) is 0 Å². The molecular formula is C54H33N3S. The number of rotatable bonds is 5. The van der Waals surface area contributed by atoms with Gasteiger partial charge in [0.1, 0.15) is 0 Å². The van der Waals surface area contributed by atoms with Crippen molar-refractivity contribution in [1.82, 2.24) is 14.5 Å². The van der Waals surface area contributed by atoms with E-state index in [1.807, 2.05) is 35.6 Å². The first-order valence-electron chi connectivity index (χ1n) is 19.7. The lowest BCUT2D eigenvalue weighted by Gasteiger charge is -2.13. The van der Waals surface area contributed by atoms with Crippen LogP contribution in [0.3, 0.4) is 0 Å². The molecule has 0 fully saturated rings. The Hall–Kier alpha value is -7.40. The highest BCUT2D eigenvalue weighted by molar-refractivity contribution is 7.27. The molecule has 270 valence electrons. The summed E-state index contributed by atoms with van der Waals surface area (Å²) >= 11 is 1.90. The van der Waals surface area contributed by atoms with E-state index < -0.39 is 0 Å². The Balaban J connectivity index is 1.13. The van der Waals surface area contributed by atoms with E-state index in [1.165, 1.54) is 74.6 Å². The molecule has 9 aromatic carbocycles. The van der Waals surface area contributed by atoms with Crippen molar-refractivity contribution in [2.24, 2.45) is 0 Å². The molecule has 0 spiro atoms. The molecule has 0 aliphatic rings. The monoisotopic (exact) mass is 755 g/mol. The Morgan fingerprint density at radius 3 is 1.78 bits per heavy atom. The highest BCUT2D eigenvalue weighted by Crippen LogP contribution is 2.48. The number of hydrogen-bond acceptors (Lipinski definition) is 3. The fourth-order valence-corrected chi connectivity index (χ4v) is 10.2. The molecule has 0 N–H and O–H groups in total. The molecule has 0 unspecified atom stereocenters. The summed E-state index contributed by atoms with van der Waals surface area (Å²) in [5, 5.41) is 10.2. The summed E-state index contributed by atoms with van der Waals surface area (Å²) in [6.45, 7) is 0. The van der Waals surface area contributed by atoms with Gasteiger partial charge in [-0.1, -0.05) is 170 Å². The van der Waals surface area contributed by atoms with Gasteiger partial charge in [-0.25, -0.2) is 9.97 Å². The normalized spacial score (nSPS) is 11.8. The fourth-order valence-electron chi connectivity index (χ4n) is 8.93. The van der Waals surface area contributed by atoms with Crippen molar-refractivity contribution >= 4 is 74.9 Å². The van der Waals surface area contributed by atoms with E-state index in [0.29, 0.717) is 5.82 Å². The van der Waals surface area contributed by atoms with Crippen LogP contribution in [0, 0.1) is 0 Å². The van der Waals surface area contributed by atoms with Crippen molar-refractivity contribution in [3.05, 3.63) is 200 Å². The Morgan fingerprint density at radius 2 is 1.00 bits per heavy atom. The van der Waals surface area contributed by atoms with Crippen molar-refractivity contribution in [3.63, 3.8) is 0 Å². The van der Waals surface area contributed by atoms with Gasteiger partial charge >= 0.3 is 0 Å². The van der Waals surface area contributed by atoms with Crippen molar-refractivity contribution in [2.45, 2.75) is 0 Å². The first-order valence-corrected chi connectivity index (χ1v) is 20.5. The lowest BCUT2D eigenvalue weighted by molar-refractivity contribution is 1.17. The summed E-state index contributed by atoms with van der Waals surface area (Å²) in [4.78, 5) is 10.2. The minimum absolute atomic E-state index is 0.711. The van der Waals surface area contributed by atoms with E-state index in [9.17, 15) is 0 Å². The van der Waals surface area contributed by atoms with E-state index in [-0.39, 0.29) is 0 Å². The third-order valence-corrected chi connectivity index (χ3v) is 12.8. The Bertz CT molecular complexity index is 3480. The van der Waals surface area contributed by atoms with Gasteiger partial charge < -0.3 is 4.57 Å². The van der Waals surface area contributed by atoms with Crippen LogP contribution in [0.15, 0.2) is 200 Å². The molecule has 0 aliphatic heterocycles. The lowest BCUT2D eigenvalue weighted by atomic mass is 9.96. The van der Waals surface area contributed by atoms with Gasteiger partial charge in [0.2, 0.25) is 0 Å². The van der Waals surface area contributed by atoms with Crippen molar-refractivity contribution in [2.75, 3.05) is 0 Å². The van der Waals surface area contributed by atoms with E-state index in [2.05, 4.69) is 180 Å². The van der Waals surface area contributed by atoms with Crippen LogP contribution in [0.2, 0.25) is 0 Å². The zero-order valence-electron chi connectivity index (χ0n) is 31.3. The van der Waals surface area contributed by atoms with Crippen molar-refractivity contribution in [3.8, 4) is 50.7 Å². The van der Waals surface area contributed by atoms with Gasteiger partial charge in [-0.3, -0.25) is 0 Å². The Kier molecular flexibility index (Phi) is 7.40. The second kappa shape index (κ2) is 13.1. The van der Waals surface area contributed by atoms with Crippen molar-refractivity contribution < 1.29 is 0 Å². The van der Waals surface area contributed by atoms with Crippen molar-refractivity contribution in [1.29, 1.82) is 0 Å². The second-order valence-corrected chi connectivity index (χ2v) is 16.0. The average molecular weight is 756 g/mol. The van der Waals surface area contributed by atoms with Crippen LogP contribution in [-0.4, -0.2) is 14.5 Å². The molecule has 0 bridgehead atoms. The number of nitrogens with zero attached hydrogens (tertiary/aromatic N) is 3. The van der Waals surface area contributed by atoms with E-state index in [1.54, 1.807) is 0 Å². The molecule has 0 amide bonds. The molecule has 12 aromatic rings. The van der Waals surface area contributed by atoms with E-state index >= 15 is 0 Å².